The van der Waals surface area contributed by atoms with E-state index >= 15 is 0 Å². The molecule has 3 rings (SSSR count). The molecule has 0 aliphatic rings. The van der Waals surface area contributed by atoms with Crippen LogP contribution in [0.3, 0.4) is 0 Å². The zero-order chi connectivity index (χ0) is 11.1. The van der Waals surface area contributed by atoms with Gasteiger partial charge in [-0.25, -0.2) is 9.97 Å². The first-order valence-electron chi connectivity index (χ1n) is 5.07. The summed E-state index contributed by atoms with van der Waals surface area (Å²) in [5, 5.41) is 2.19. The fourth-order valence-electron chi connectivity index (χ4n) is 1.93. The third-order valence-corrected chi connectivity index (χ3v) is 3.33. The molecule has 0 amide bonds. The Kier molecular flexibility index (Phi) is 3.86. The van der Waals surface area contributed by atoms with E-state index in [2.05, 4.69) is 35.1 Å². The molecule has 0 aromatic carbocycles. The Morgan fingerprint density at radius 1 is 1.24 bits per heavy atom. The third-order valence-electron chi connectivity index (χ3n) is 2.68. The van der Waals surface area contributed by atoms with Crippen LogP contribution in [0.15, 0.2) is 35.6 Å². The summed E-state index contributed by atoms with van der Waals surface area (Å²) < 4.78 is 2.05. The van der Waals surface area contributed by atoms with Gasteiger partial charge < -0.3 is 0 Å². The molecule has 0 aliphatic carbocycles. The normalized spacial score (nSPS) is 10.7. The number of aromatic nitrogens is 3. The molecule has 0 saturated carbocycles. The number of rotatable bonds is 1. The van der Waals surface area contributed by atoms with E-state index in [9.17, 15) is 0 Å². The van der Waals surface area contributed by atoms with Crippen LogP contribution in [0.25, 0.3) is 16.7 Å². The van der Waals surface area contributed by atoms with Crippen LogP contribution in [0.4, 0.5) is 0 Å². The first-order valence-corrected chi connectivity index (χ1v) is 6.29. The number of nitrogens with zero attached hydrogens (tertiary/aromatic N) is 3. The third kappa shape index (κ3) is 2.14. The summed E-state index contributed by atoms with van der Waals surface area (Å²) >= 11 is 1.65. The molecule has 83 valence electrons. The van der Waals surface area contributed by atoms with E-state index in [1.165, 1.54) is 5.56 Å². The van der Waals surface area contributed by atoms with Crippen LogP contribution in [-0.4, -0.2) is 20.6 Å². The van der Waals surface area contributed by atoms with Gasteiger partial charge in [0.05, 0.1) is 5.03 Å². The largest absolute Gasteiger partial charge is 0.284 e. The molecule has 0 fully saturated rings. The van der Waals surface area contributed by atoms with Crippen LogP contribution in [0.2, 0.25) is 0 Å². The van der Waals surface area contributed by atoms with Crippen LogP contribution in [-0.2, 0) is 32.7 Å². The fourth-order valence-corrected chi connectivity index (χ4v) is 2.31. The SMILES string of the molecule is CSc1ccc2cc(C)c3nccn3c2n1.[Y]. The molecule has 0 aliphatic heterocycles. The Bertz CT molecular complexity index is 678. The van der Waals surface area contributed by atoms with Gasteiger partial charge in [0.15, 0.2) is 0 Å². The van der Waals surface area contributed by atoms with Crippen molar-refractivity contribution in [3.63, 3.8) is 0 Å². The second kappa shape index (κ2) is 5.05. The summed E-state index contributed by atoms with van der Waals surface area (Å²) in [6, 6.07) is 6.30. The first-order chi connectivity index (χ1) is 7.79. The van der Waals surface area contributed by atoms with Gasteiger partial charge in [-0.15, -0.1) is 11.8 Å². The summed E-state index contributed by atoms with van der Waals surface area (Å²) in [6.45, 7) is 2.07. The minimum Gasteiger partial charge on any atom is -0.284 e. The number of fused-ring (bicyclic) bond motifs is 3. The monoisotopic (exact) mass is 318 g/mol. The topological polar surface area (TPSA) is 30.2 Å². The Labute approximate surface area is 129 Å². The maximum Gasteiger partial charge on any atom is 0.146 e. The van der Waals surface area contributed by atoms with Crippen LogP contribution in [0, 0.1) is 6.92 Å². The average molecular weight is 318 g/mol. The van der Waals surface area contributed by atoms with Gasteiger partial charge in [0.1, 0.15) is 11.3 Å². The second-order valence-electron chi connectivity index (χ2n) is 3.71. The van der Waals surface area contributed by atoms with Gasteiger partial charge >= 0.3 is 0 Å². The quantitative estimate of drug-likeness (QED) is 0.646. The smallest absolute Gasteiger partial charge is 0.146 e. The molecular weight excluding hydrogens is 307 g/mol. The second-order valence-corrected chi connectivity index (χ2v) is 4.54. The molecule has 3 heterocycles. The molecule has 0 unspecified atom stereocenters. The van der Waals surface area contributed by atoms with E-state index in [0.29, 0.717) is 0 Å². The van der Waals surface area contributed by atoms with Gasteiger partial charge in [0, 0.05) is 50.5 Å². The number of pyridine rings is 2. The van der Waals surface area contributed by atoms with Crippen LogP contribution in [0.5, 0.6) is 0 Å². The van der Waals surface area contributed by atoms with E-state index in [4.69, 9.17) is 0 Å². The van der Waals surface area contributed by atoms with Crippen LogP contribution >= 0.6 is 11.8 Å². The van der Waals surface area contributed by atoms with E-state index in [-0.39, 0.29) is 32.7 Å². The predicted octanol–water partition coefficient (Wildman–Crippen LogP) is 2.91. The van der Waals surface area contributed by atoms with Crippen molar-refractivity contribution < 1.29 is 32.7 Å². The summed E-state index contributed by atoms with van der Waals surface area (Å²) in [4.78, 5) is 8.96. The minimum atomic E-state index is 0. The Morgan fingerprint density at radius 2 is 2.06 bits per heavy atom. The molecule has 1 radical (unpaired) electrons. The zero-order valence-electron chi connectivity index (χ0n) is 9.71. The molecule has 0 atom stereocenters. The van der Waals surface area contributed by atoms with Gasteiger partial charge in [-0.3, -0.25) is 4.40 Å². The maximum atomic E-state index is 4.62. The van der Waals surface area contributed by atoms with E-state index in [1.807, 2.05) is 23.1 Å². The molecule has 3 aromatic heterocycles. The first kappa shape index (κ1) is 13.0. The fraction of sp³-hybridized carbons (Fsp3) is 0.167. The molecule has 5 heteroatoms. The van der Waals surface area contributed by atoms with Crippen molar-refractivity contribution >= 4 is 28.4 Å². The van der Waals surface area contributed by atoms with Crippen molar-refractivity contribution in [3.05, 3.63) is 36.2 Å². The van der Waals surface area contributed by atoms with Gasteiger partial charge in [0.25, 0.3) is 0 Å². The van der Waals surface area contributed by atoms with Gasteiger partial charge in [-0.05, 0) is 36.9 Å². The van der Waals surface area contributed by atoms with Crippen molar-refractivity contribution in [2.45, 2.75) is 11.9 Å². The maximum absolute atomic E-state index is 4.62. The van der Waals surface area contributed by atoms with Gasteiger partial charge in [-0.1, -0.05) is 0 Å². The van der Waals surface area contributed by atoms with Crippen molar-refractivity contribution in [3.8, 4) is 0 Å². The summed E-state index contributed by atoms with van der Waals surface area (Å²) in [6.07, 6.45) is 5.81. The molecule has 0 bridgehead atoms. The number of thioether (sulfide) groups is 1. The molecule has 3 nitrogen and oxygen atoms in total. The van der Waals surface area contributed by atoms with Crippen LogP contribution < -0.4 is 0 Å². The molecule has 0 saturated heterocycles. The van der Waals surface area contributed by atoms with Crippen molar-refractivity contribution in [2.24, 2.45) is 0 Å². The van der Waals surface area contributed by atoms with E-state index < -0.39 is 0 Å². The van der Waals surface area contributed by atoms with Crippen molar-refractivity contribution in [2.75, 3.05) is 6.26 Å². The Hall–Kier alpha value is -0.446. The van der Waals surface area contributed by atoms with E-state index in [0.717, 1.165) is 21.7 Å². The number of imidazole rings is 1. The number of aryl methyl sites for hydroxylation is 1. The zero-order valence-corrected chi connectivity index (χ0v) is 13.4. The molecule has 0 spiro atoms. The summed E-state index contributed by atoms with van der Waals surface area (Å²) in [5.41, 5.74) is 3.14. The molecular formula is C12H11N3SY. The number of hydrogen-bond donors (Lipinski definition) is 0. The van der Waals surface area contributed by atoms with Crippen LogP contribution in [0.1, 0.15) is 5.56 Å². The number of hydrogen-bond acceptors (Lipinski definition) is 3. The van der Waals surface area contributed by atoms with Gasteiger partial charge in [-0.2, -0.15) is 0 Å². The average Bonchev–Trinajstić information content (AvgIpc) is 2.78. The Morgan fingerprint density at radius 3 is 2.82 bits per heavy atom. The van der Waals surface area contributed by atoms with Gasteiger partial charge in [0.2, 0.25) is 0 Å². The standard InChI is InChI=1S/C12H11N3S.Y/c1-8-7-9-3-4-10(16-2)14-12(9)15-6-5-13-11(8)15;/h3-7H,1-2H3;. The van der Waals surface area contributed by atoms with Crippen molar-refractivity contribution in [1.82, 2.24) is 14.4 Å². The Balaban J connectivity index is 0.00000108. The summed E-state index contributed by atoms with van der Waals surface area (Å²) in [5.74, 6) is 0. The summed E-state index contributed by atoms with van der Waals surface area (Å²) in [7, 11) is 0. The van der Waals surface area contributed by atoms with E-state index in [1.54, 1.807) is 11.8 Å². The predicted molar refractivity (Wildman–Crippen MR) is 67.0 cm³/mol. The molecule has 0 N–H and O–H groups in total. The molecule has 3 aromatic rings. The minimum absolute atomic E-state index is 0. The van der Waals surface area contributed by atoms with Crippen molar-refractivity contribution in [1.29, 1.82) is 0 Å². The molecule has 17 heavy (non-hydrogen) atoms.